The fourth-order valence-electron chi connectivity index (χ4n) is 4.28. The molecule has 0 bridgehead atoms. The van der Waals surface area contributed by atoms with Crippen LogP contribution < -0.4 is 5.32 Å². The number of piperidine rings is 1. The first-order valence-electron chi connectivity index (χ1n) is 12.4. The summed E-state index contributed by atoms with van der Waals surface area (Å²) in [6, 6.07) is 6.17. The molecule has 1 aromatic heterocycles. The van der Waals surface area contributed by atoms with Crippen LogP contribution in [0.25, 0.3) is 0 Å². The van der Waals surface area contributed by atoms with Gasteiger partial charge in [-0.25, -0.2) is 13.4 Å². The van der Waals surface area contributed by atoms with Gasteiger partial charge in [-0.1, -0.05) is 17.7 Å². The number of amides is 2. The van der Waals surface area contributed by atoms with E-state index in [-0.39, 0.29) is 30.1 Å². The van der Waals surface area contributed by atoms with Gasteiger partial charge < -0.3 is 19.5 Å². The zero-order valence-electron chi connectivity index (χ0n) is 21.9. The molecule has 1 aliphatic heterocycles. The van der Waals surface area contributed by atoms with E-state index in [1.807, 2.05) is 38.5 Å². The second kappa shape index (κ2) is 11.6. The van der Waals surface area contributed by atoms with Crippen LogP contribution in [0.1, 0.15) is 57.8 Å². The zero-order chi connectivity index (χ0) is 26.5. The highest BCUT2D eigenvalue weighted by atomic mass is 32.2. The number of imidazole rings is 1. The predicted octanol–water partition coefficient (Wildman–Crippen LogP) is 2.69. The van der Waals surface area contributed by atoms with Gasteiger partial charge in [0.2, 0.25) is 11.8 Å². The maximum Gasteiger partial charge on any atom is 0.247 e. The van der Waals surface area contributed by atoms with Crippen molar-refractivity contribution in [3.8, 4) is 0 Å². The van der Waals surface area contributed by atoms with Crippen LogP contribution >= 0.6 is 0 Å². The minimum absolute atomic E-state index is 0.0110. The minimum atomic E-state index is -3.40. The summed E-state index contributed by atoms with van der Waals surface area (Å²) in [6.45, 7) is 10.5. The Balaban J connectivity index is 1.59. The number of aryl methyl sites for hydroxylation is 2. The lowest BCUT2D eigenvalue weighted by molar-refractivity contribution is -0.140. The van der Waals surface area contributed by atoms with Gasteiger partial charge in [0.25, 0.3) is 0 Å². The van der Waals surface area contributed by atoms with Crippen LogP contribution in [-0.4, -0.2) is 71.8 Å². The van der Waals surface area contributed by atoms with Gasteiger partial charge >= 0.3 is 0 Å². The third-order valence-electron chi connectivity index (χ3n) is 6.26. The molecule has 1 atom stereocenters. The standard InChI is InChI=1S/C26H38N4O5S/c1-19-6-8-22(9-7-19)36(33,34)17-16-29-15-12-27-24(29)21-10-13-30(14-11-21)25(32)23(28-20(2)31)18-35-26(3,4)5/h6-9,12,15,21,23H,10-11,13-14,16-18H2,1-5H3,(H,28,31). The maximum absolute atomic E-state index is 13.1. The summed E-state index contributed by atoms with van der Waals surface area (Å²) in [5.74, 6) is 0.527. The van der Waals surface area contributed by atoms with Gasteiger partial charge in [0.15, 0.2) is 9.84 Å². The number of hydrogen-bond donors (Lipinski definition) is 1. The molecule has 1 aliphatic rings. The highest BCUT2D eigenvalue weighted by molar-refractivity contribution is 7.91. The summed E-state index contributed by atoms with van der Waals surface area (Å²) in [4.78, 5) is 31.4. The molecule has 1 unspecified atom stereocenters. The molecule has 0 aliphatic carbocycles. The normalized spacial score (nSPS) is 16.1. The number of aromatic nitrogens is 2. The van der Waals surface area contributed by atoms with Crippen molar-refractivity contribution in [3.63, 3.8) is 0 Å². The third kappa shape index (κ3) is 7.64. The first-order chi connectivity index (χ1) is 16.9. The molecule has 0 radical (unpaired) electrons. The van der Waals surface area contributed by atoms with Gasteiger partial charge in [-0.15, -0.1) is 0 Å². The van der Waals surface area contributed by atoms with E-state index < -0.39 is 21.5 Å². The fourth-order valence-corrected chi connectivity index (χ4v) is 5.51. The summed E-state index contributed by atoms with van der Waals surface area (Å²) in [5.41, 5.74) is 0.592. The van der Waals surface area contributed by atoms with Gasteiger partial charge in [0.1, 0.15) is 11.9 Å². The lowest BCUT2D eigenvalue weighted by atomic mass is 9.95. The molecule has 10 heteroatoms. The molecular formula is C26H38N4O5S. The Morgan fingerprint density at radius 2 is 1.81 bits per heavy atom. The van der Waals surface area contributed by atoms with Crippen molar-refractivity contribution in [2.45, 2.75) is 76.5 Å². The molecule has 0 spiro atoms. The van der Waals surface area contributed by atoms with Crippen LogP contribution in [0, 0.1) is 6.92 Å². The van der Waals surface area contributed by atoms with E-state index in [9.17, 15) is 18.0 Å². The van der Waals surface area contributed by atoms with E-state index >= 15 is 0 Å². The molecule has 3 rings (SSSR count). The van der Waals surface area contributed by atoms with E-state index in [2.05, 4.69) is 10.3 Å². The van der Waals surface area contributed by atoms with E-state index in [0.717, 1.165) is 11.4 Å². The number of carbonyl (C=O) groups excluding carboxylic acids is 2. The highest BCUT2D eigenvalue weighted by Crippen LogP contribution is 2.27. The van der Waals surface area contributed by atoms with Crippen LogP contribution in [-0.2, 0) is 30.7 Å². The van der Waals surface area contributed by atoms with E-state index in [0.29, 0.717) is 37.4 Å². The van der Waals surface area contributed by atoms with Crippen molar-refractivity contribution < 1.29 is 22.7 Å². The molecule has 1 aromatic carbocycles. The van der Waals surface area contributed by atoms with Crippen molar-refractivity contribution >= 4 is 21.7 Å². The molecule has 2 heterocycles. The number of hydrogen-bond acceptors (Lipinski definition) is 6. The number of nitrogens with one attached hydrogen (secondary N) is 1. The Labute approximate surface area is 214 Å². The first kappa shape index (κ1) is 27.9. The second-order valence-corrected chi connectivity index (χ2v) is 12.5. The molecular weight excluding hydrogens is 480 g/mol. The Kier molecular flexibility index (Phi) is 8.94. The molecule has 198 valence electrons. The zero-order valence-corrected chi connectivity index (χ0v) is 22.7. The van der Waals surface area contributed by atoms with Crippen LogP contribution in [0.2, 0.25) is 0 Å². The van der Waals surface area contributed by atoms with Crippen molar-refractivity contribution in [1.29, 1.82) is 0 Å². The number of nitrogens with zero attached hydrogens (tertiary/aromatic N) is 3. The quantitative estimate of drug-likeness (QED) is 0.547. The van der Waals surface area contributed by atoms with Gasteiger partial charge in [-0.2, -0.15) is 0 Å². The summed E-state index contributed by atoms with van der Waals surface area (Å²) in [5, 5.41) is 2.72. The highest BCUT2D eigenvalue weighted by Gasteiger charge is 2.32. The monoisotopic (exact) mass is 518 g/mol. The number of rotatable bonds is 9. The first-order valence-corrected chi connectivity index (χ1v) is 14.0. The van der Waals surface area contributed by atoms with E-state index in [4.69, 9.17) is 4.74 Å². The van der Waals surface area contributed by atoms with Crippen LogP contribution in [0.3, 0.4) is 0 Å². The van der Waals surface area contributed by atoms with Gasteiger partial charge in [0, 0.05) is 44.9 Å². The van der Waals surface area contributed by atoms with Crippen LogP contribution in [0.5, 0.6) is 0 Å². The predicted molar refractivity (Wildman–Crippen MR) is 137 cm³/mol. The Bertz CT molecular complexity index is 1140. The fraction of sp³-hybridized carbons (Fsp3) is 0.577. The maximum atomic E-state index is 13.1. The number of carbonyl (C=O) groups is 2. The van der Waals surface area contributed by atoms with Crippen LogP contribution in [0.4, 0.5) is 0 Å². The largest absolute Gasteiger partial charge is 0.373 e. The third-order valence-corrected chi connectivity index (χ3v) is 7.97. The molecule has 1 saturated heterocycles. The van der Waals surface area contributed by atoms with Gasteiger partial charge in [0.05, 0.1) is 22.9 Å². The topological polar surface area (TPSA) is 111 Å². The van der Waals surface area contributed by atoms with Crippen molar-refractivity contribution in [3.05, 3.63) is 48.0 Å². The number of benzene rings is 1. The van der Waals surface area contributed by atoms with Crippen LogP contribution in [0.15, 0.2) is 41.6 Å². The average Bonchev–Trinajstić information content (AvgIpc) is 3.28. The Morgan fingerprint density at radius 1 is 1.17 bits per heavy atom. The van der Waals surface area contributed by atoms with E-state index in [1.165, 1.54) is 6.92 Å². The summed E-state index contributed by atoms with van der Waals surface area (Å²) in [7, 11) is -3.40. The molecule has 2 amide bonds. The lowest BCUT2D eigenvalue weighted by Gasteiger charge is -2.35. The Hall–Kier alpha value is -2.72. The minimum Gasteiger partial charge on any atom is -0.373 e. The summed E-state index contributed by atoms with van der Waals surface area (Å²) >= 11 is 0. The van der Waals surface area contributed by atoms with Gasteiger partial charge in [-0.05, 0) is 52.7 Å². The molecule has 36 heavy (non-hydrogen) atoms. The SMILES string of the molecule is CC(=O)NC(COC(C)(C)C)C(=O)N1CCC(c2nccn2CCS(=O)(=O)c2ccc(C)cc2)CC1. The smallest absolute Gasteiger partial charge is 0.247 e. The number of ether oxygens (including phenoxy) is 1. The Morgan fingerprint density at radius 3 is 2.39 bits per heavy atom. The molecule has 9 nitrogen and oxygen atoms in total. The van der Waals surface area contributed by atoms with Crippen molar-refractivity contribution in [2.75, 3.05) is 25.4 Å². The van der Waals surface area contributed by atoms with Crippen molar-refractivity contribution in [2.24, 2.45) is 0 Å². The summed E-state index contributed by atoms with van der Waals surface area (Å²) < 4.78 is 33.2. The molecule has 1 N–H and O–H groups in total. The average molecular weight is 519 g/mol. The van der Waals surface area contributed by atoms with E-state index in [1.54, 1.807) is 35.4 Å². The molecule has 2 aromatic rings. The van der Waals surface area contributed by atoms with Crippen molar-refractivity contribution in [1.82, 2.24) is 19.8 Å². The second-order valence-electron chi connectivity index (χ2n) is 10.4. The molecule has 0 saturated carbocycles. The van der Waals surface area contributed by atoms with Gasteiger partial charge in [-0.3, -0.25) is 9.59 Å². The number of likely N-dealkylation sites (tertiary alicyclic amines) is 1. The molecule has 1 fully saturated rings. The number of sulfone groups is 1. The lowest BCUT2D eigenvalue weighted by Crippen LogP contribution is -2.53. The summed E-state index contributed by atoms with van der Waals surface area (Å²) in [6.07, 6.45) is 4.93.